The van der Waals surface area contributed by atoms with Gasteiger partial charge in [-0.2, -0.15) is 0 Å². The molecule has 1 aliphatic rings. The third-order valence-electron chi connectivity index (χ3n) is 5.69. The van der Waals surface area contributed by atoms with Gasteiger partial charge in [0.2, 0.25) is 0 Å². The molecule has 30 heavy (non-hydrogen) atoms. The average Bonchev–Trinajstić information content (AvgIpc) is 3.28. The molecule has 7 heteroatoms. The van der Waals surface area contributed by atoms with Crippen LogP contribution in [0.5, 0.6) is 11.5 Å². The van der Waals surface area contributed by atoms with Crippen LogP contribution in [0.1, 0.15) is 23.3 Å². The van der Waals surface area contributed by atoms with Crippen molar-refractivity contribution >= 4 is 17.3 Å². The number of ether oxygens (including phenoxy) is 2. The molecule has 1 saturated heterocycles. The van der Waals surface area contributed by atoms with Crippen LogP contribution in [0, 0.1) is 5.92 Å². The maximum atomic E-state index is 5.53. The topological polar surface area (TPSA) is 49.3 Å². The molecule has 0 radical (unpaired) electrons. The molecule has 0 atom stereocenters. The molecule has 164 valence electrons. The Morgan fingerprint density at radius 2 is 2.03 bits per heavy atom. The molecule has 6 nitrogen and oxygen atoms in total. The van der Waals surface area contributed by atoms with Gasteiger partial charge >= 0.3 is 0 Å². The van der Waals surface area contributed by atoms with E-state index in [2.05, 4.69) is 44.7 Å². The molecule has 1 aliphatic heterocycles. The second-order valence-corrected chi connectivity index (χ2v) is 8.79. The zero-order chi connectivity index (χ0) is 21.3. The van der Waals surface area contributed by atoms with Crippen LogP contribution < -0.4 is 14.8 Å². The normalized spacial score (nSPS) is 15.8. The van der Waals surface area contributed by atoms with Gasteiger partial charge in [0, 0.05) is 50.2 Å². The molecule has 2 heterocycles. The first kappa shape index (κ1) is 22.4. The molecule has 0 aliphatic carbocycles. The number of hydrogen-bond donors (Lipinski definition) is 1. The predicted octanol–water partition coefficient (Wildman–Crippen LogP) is 3.68. The number of likely N-dealkylation sites (tertiary alicyclic amines) is 1. The van der Waals surface area contributed by atoms with Crippen LogP contribution in [-0.4, -0.2) is 63.7 Å². The average molecular weight is 431 g/mol. The largest absolute Gasteiger partial charge is 0.497 e. The van der Waals surface area contributed by atoms with Gasteiger partial charge in [-0.25, -0.2) is 0 Å². The zero-order valence-corrected chi connectivity index (χ0v) is 19.4. The van der Waals surface area contributed by atoms with Gasteiger partial charge in [0.1, 0.15) is 11.5 Å². The molecular formula is C23H34N4O2S. The van der Waals surface area contributed by atoms with E-state index in [0.717, 1.165) is 36.1 Å². The van der Waals surface area contributed by atoms with Crippen LogP contribution in [0.2, 0.25) is 0 Å². The Hall–Kier alpha value is -2.25. The van der Waals surface area contributed by atoms with E-state index >= 15 is 0 Å². The summed E-state index contributed by atoms with van der Waals surface area (Å²) in [6, 6.07) is 10.3. The van der Waals surface area contributed by atoms with E-state index in [0.29, 0.717) is 12.5 Å². The lowest BCUT2D eigenvalue weighted by Gasteiger charge is -2.32. The van der Waals surface area contributed by atoms with Crippen LogP contribution in [0.15, 0.2) is 40.7 Å². The van der Waals surface area contributed by atoms with Gasteiger partial charge in [-0.3, -0.25) is 9.89 Å². The number of guanidine groups is 1. The summed E-state index contributed by atoms with van der Waals surface area (Å²) in [7, 11) is 7.26. The van der Waals surface area contributed by atoms with Crippen molar-refractivity contribution in [3.05, 3.63) is 46.2 Å². The fraction of sp³-hybridized carbons (Fsp3) is 0.522. The quantitative estimate of drug-likeness (QED) is 0.511. The third kappa shape index (κ3) is 6.12. The number of benzene rings is 1. The number of piperidine rings is 1. The summed E-state index contributed by atoms with van der Waals surface area (Å²) in [5, 5.41) is 5.74. The highest BCUT2D eigenvalue weighted by molar-refractivity contribution is 7.09. The van der Waals surface area contributed by atoms with E-state index in [1.54, 1.807) is 14.2 Å². The Balaban J connectivity index is 1.46. The molecule has 1 fully saturated rings. The van der Waals surface area contributed by atoms with E-state index in [1.165, 1.54) is 30.8 Å². The smallest absolute Gasteiger partial charge is 0.193 e. The monoisotopic (exact) mass is 430 g/mol. The van der Waals surface area contributed by atoms with Crippen LogP contribution in [0.4, 0.5) is 0 Å². The first-order valence-electron chi connectivity index (χ1n) is 10.5. The summed E-state index contributed by atoms with van der Waals surface area (Å²) in [4.78, 5) is 10.6. The minimum Gasteiger partial charge on any atom is -0.497 e. The Morgan fingerprint density at radius 3 is 2.67 bits per heavy atom. The van der Waals surface area contributed by atoms with Crippen molar-refractivity contribution in [3.8, 4) is 11.5 Å². The van der Waals surface area contributed by atoms with Crippen molar-refractivity contribution in [1.29, 1.82) is 0 Å². The molecule has 1 aromatic carbocycles. The second kappa shape index (κ2) is 11.2. The highest BCUT2D eigenvalue weighted by atomic mass is 32.1. The Labute approximate surface area is 184 Å². The van der Waals surface area contributed by atoms with Gasteiger partial charge in [0.05, 0.1) is 14.2 Å². The Bertz CT molecular complexity index is 802. The van der Waals surface area contributed by atoms with Crippen LogP contribution in [0.3, 0.4) is 0 Å². The number of hydrogen-bond acceptors (Lipinski definition) is 5. The number of thiophene rings is 1. The van der Waals surface area contributed by atoms with E-state index in [9.17, 15) is 0 Å². The fourth-order valence-electron chi connectivity index (χ4n) is 3.90. The number of aliphatic imine (C=N–C) groups is 1. The van der Waals surface area contributed by atoms with Gasteiger partial charge in [0.25, 0.3) is 0 Å². The highest BCUT2D eigenvalue weighted by Gasteiger charge is 2.20. The SMILES string of the molecule is CN=C(NCC1CCN(Cc2cccs2)CC1)N(C)Cc1ccc(OC)cc1OC. The lowest BCUT2D eigenvalue weighted by Crippen LogP contribution is -2.43. The van der Waals surface area contributed by atoms with E-state index in [1.807, 2.05) is 36.6 Å². The molecule has 1 N–H and O–H groups in total. The van der Waals surface area contributed by atoms with Crippen molar-refractivity contribution in [3.63, 3.8) is 0 Å². The van der Waals surface area contributed by atoms with E-state index < -0.39 is 0 Å². The number of methoxy groups -OCH3 is 2. The summed E-state index contributed by atoms with van der Waals surface area (Å²) in [6.07, 6.45) is 2.46. The predicted molar refractivity (Wildman–Crippen MR) is 125 cm³/mol. The Morgan fingerprint density at radius 1 is 1.23 bits per heavy atom. The van der Waals surface area contributed by atoms with Crippen molar-refractivity contribution in [2.24, 2.45) is 10.9 Å². The van der Waals surface area contributed by atoms with Gasteiger partial charge in [-0.05, 0) is 55.4 Å². The van der Waals surface area contributed by atoms with Gasteiger partial charge in [-0.15, -0.1) is 11.3 Å². The maximum absolute atomic E-state index is 5.53. The molecule has 0 spiro atoms. The zero-order valence-electron chi connectivity index (χ0n) is 18.6. The second-order valence-electron chi connectivity index (χ2n) is 7.76. The molecule has 3 rings (SSSR count). The molecule has 1 aromatic heterocycles. The standard InChI is InChI=1S/C23H34N4O2S/c1-24-23(26(2)16-19-7-8-20(28-3)14-22(19)29-4)25-15-18-9-11-27(12-10-18)17-21-6-5-13-30-21/h5-8,13-14,18H,9-12,15-17H2,1-4H3,(H,24,25). The van der Waals surface area contributed by atoms with E-state index in [-0.39, 0.29) is 0 Å². The third-order valence-corrected chi connectivity index (χ3v) is 6.55. The van der Waals surface area contributed by atoms with Crippen molar-refractivity contribution in [1.82, 2.24) is 15.1 Å². The van der Waals surface area contributed by atoms with Crippen LogP contribution in [-0.2, 0) is 13.1 Å². The van der Waals surface area contributed by atoms with E-state index in [4.69, 9.17) is 9.47 Å². The van der Waals surface area contributed by atoms with Crippen molar-refractivity contribution in [2.75, 3.05) is 47.9 Å². The first-order valence-corrected chi connectivity index (χ1v) is 11.4. The van der Waals surface area contributed by atoms with Gasteiger partial charge in [0.15, 0.2) is 5.96 Å². The minimum atomic E-state index is 0.685. The maximum Gasteiger partial charge on any atom is 0.193 e. The first-order chi connectivity index (χ1) is 14.6. The van der Waals surface area contributed by atoms with Gasteiger partial charge in [-0.1, -0.05) is 6.07 Å². The minimum absolute atomic E-state index is 0.685. The van der Waals surface area contributed by atoms with Crippen LogP contribution >= 0.6 is 11.3 Å². The molecule has 0 unspecified atom stereocenters. The molecule has 0 saturated carbocycles. The summed E-state index contributed by atoms with van der Waals surface area (Å²) in [6.45, 7) is 5.10. The summed E-state index contributed by atoms with van der Waals surface area (Å²) < 4.78 is 10.8. The number of nitrogens with one attached hydrogen (secondary N) is 1. The summed E-state index contributed by atoms with van der Waals surface area (Å²) >= 11 is 1.85. The van der Waals surface area contributed by atoms with Crippen LogP contribution in [0.25, 0.3) is 0 Å². The summed E-state index contributed by atoms with van der Waals surface area (Å²) in [5.41, 5.74) is 1.10. The van der Waals surface area contributed by atoms with Crippen molar-refractivity contribution < 1.29 is 9.47 Å². The molecular weight excluding hydrogens is 396 g/mol. The summed E-state index contributed by atoms with van der Waals surface area (Å²) in [5.74, 6) is 3.22. The Kier molecular flexibility index (Phi) is 8.39. The fourth-order valence-corrected chi connectivity index (χ4v) is 4.65. The van der Waals surface area contributed by atoms with Gasteiger partial charge < -0.3 is 19.7 Å². The highest BCUT2D eigenvalue weighted by Crippen LogP contribution is 2.25. The molecule has 2 aromatic rings. The number of rotatable bonds is 8. The number of nitrogens with zero attached hydrogens (tertiary/aromatic N) is 3. The lowest BCUT2D eigenvalue weighted by molar-refractivity contribution is 0.179. The lowest BCUT2D eigenvalue weighted by atomic mass is 9.97. The molecule has 0 amide bonds. The molecule has 0 bridgehead atoms. The van der Waals surface area contributed by atoms with Crippen molar-refractivity contribution in [2.45, 2.75) is 25.9 Å².